The van der Waals surface area contributed by atoms with Crippen molar-refractivity contribution in [2.75, 3.05) is 6.61 Å². The van der Waals surface area contributed by atoms with Gasteiger partial charge in [0.15, 0.2) is 0 Å². The summed E-state index contributed by atoms with van der Waals surface area (Å²) in [6.45, 7) is 4.88. The van der Waals surface area contributed by atoms with Gasteiger partial charge in [0.25, 0.3) is 0 Å². The third-order valence-corrected chi connectivity index (χ3v) is 6.70. The van der Waals surface area contributed by atoms with Crippen LogP contribution in [0.15, 0.2) is 78.9 Å². The lowest BCUT2D eigenvalue weighted by atomic mass is 10.1. The van der Waals surface area contributed by atoms with Gasteiger partial charge in [-0.3, -0.25) is 4.79 Å². The van der Waals surface area contributed by atoms with Crippen LogP contribution in [0.1, 0.15) is 55.3 Å². The number of rotatable bonds is 10. The molecule has 1 heterocycles. The summed E-state index contributed by atoms with van der Waals surface area (Å²) >= 11 is 1.61. The Bertz CT molecular complexity index is 1210. The highest BCUT2D eigenvalue weighted by Gasteiger charge is 2.16. The Labute approximate surface area is 205 Å². The Kier molecular flexibility index (Phi) is 8.10. The van der Waals surface area contributed by atoms with Gasteiger partial charge < -0.3 is 10.1 Å². The van der Waals surface area contributed by atoms with Crippen molar-refractivity contribution in [2.45, 2.75) is 39.2 Å². The normalized spacial score (nSPS) is 12.5. The number of hydrogen-bond acceptors (Lipinski definition) is 4. The highest BCUT2D eigenvalue weighted by Crippen LogP contribution is 2.31. The summed E-state index contributed by atoms with van der Waals surface area (Å²) in [5.74, 6) is 0.836. The van der Waals surface area contributed by atoms with Crippen LogP contribution in [0.3, 0.4) is 0 Å². The molecular formula is C29H30N2O2S. The maximum atomic E-state index is 13.0. The first kappa shape index (κ1) is 23.7. The molecule has 0 aliphatic rings. The van der Waals surface area contributed by atoms with Crippen LogP contribution in [0.5, 0.6) is 5.75 Å². The summed E-state index contributed by atoms with van der Waals surface area (Å²) in [5, 5.41) is 4.00. The number of carbonyl (C=O) groups excluding carboxylic acids is 1. The highest BCUT2D eigenvalue weighted by atomic mass is 32.1. The minimum Gasteiger partial charge on any atom is -0.494 e. The van der Waals surface area contributed by atoms with Gasteiger partial charge in [-0.1, -0.05) is 67.9 Å². The van der Waals surface area contributed by atoms with Gasteiger partial charge in [-0.25, -0.2) is 4.98 Å². The second kappa shape index (κ2) is 11.6. The molecule has 1 aromatic heterocycles. The van der Waals surface area contributed by atoms with E-state index in [9.17, 15) is 4.79 Å². The molecule has 1 atom stereocenters. The number of amides is 1. The number of fused-ring (bicyclic) bond motifs is 1. The molecule has 3 aromatic carbocycles. The van der Waals surface area contributed by atoms with Crippen molar-refractivity contribution in [3.8, 4) is 5.75 Å². The number of unbranched alkanes of at least 4 members (excludes halogenated alkanes) is 1. The molecule has 174 valence electrons. The Morgan fingerprint density at radius 3 is 2.50 bits per heavy atom. The Hall–Kier alpha value is -3.44. The number of carbonyl (C=O) groups is 1. The number of ether oxygens (including phenoxy) is 1. The van der Waals surface area contributed by atoms with Gasteiger partial charge in [0.05, 0.1) is 29.3 Å². The summed E-state index contributed by atoms with van der Waals surface area (Å²) < 4.78 is 6.90. The zero-order chi connectivity index (χ0) is 23.8. The highest BCUT2D eigenvalue weighted by molar-refractivity contribution is 7.19. The van der Waals surface area contributed by atoms with E-state index in [1.807, 2.05) is 79.7 Å². The summed E-state index contributed by atoms with van der Waals surface area (Å²) in [6, 6.07) is 26.0. The molecule has 0 bridgehead atoms. The van der Waals surface area contributed by atoms with Gasteiger partial charge in [0.1, 0.15) is 10.8 Å². The van der Waals surface area contributed by atoms with Gasteiger partial charge in [-0.15, -0.1) is 11.3 Å². The maximum absolute atomic E-state index is 13.0. The molecule has 0 saturated heterocycles. The van der Waals surface area contributed by atoms with E-state index < -0.39 is 0 Å². The van der Waals surface area contributed by atoms with E-state index in [-0.39, 0.29) is 18.4 Å². The van der Waals surface area contributed by atoms with Crippen molar-refractivity contribution in [3.63, 3.8) is 0 Å². The quantitative estimate of drug-likeness (QED) is 0.248. The lowest BCUT2D eigenvalue weighted by Crippen LogP contribution is -2.26. The molecule has 0 radical (unpaired) electrons. The van der Waals surface area contributed by atoms with E-state index in [4.69, 9.17) is 9.72 Å². The van der Waals surface area contributed by atoms with Crippen LogP contribution < -0.4 is 10.1 Å². The standard InChI is InChI=1S/C29H30N2O2S/c1-3-4-18-33-25-16-14-22(15-17-25)19-24(29-31-26-12-8-9-13-27(26)34-29)20-28(32)30-21(2)23-10-6-5-7-11-23/h5-17,19,21H,3-4,18,20H2,1-2H3,(H,30,32). The van der Waals surface area contributed by atoms with Crippen molar-refractivity contribution >= 4 is 39.1 Å². The predicted octanol–water partition coefficient (Wildman–Crippen LogP) is 7.28. The average molecular weight is 471 g/mol. The number of para-hydroxylation sites is 1. The van der Waals surface area contributed by atoms with Crippen molar-refractivity contribution in [2.24, 2.45) is 0 Å². The van der Waals surface area contributed by atoms with E-state index in [1.165, 1.54) is 0 Å². The molecule has 0 fully saturated rings. The predicted molar refractivity (Wildman–Crippen MR) is 142 cm³/mol. The molecule has 4 nitrogen and oxygen atoms in total. The van der Waals surface area contributed by atoms with Crippen LogP contribution in [0.2, 0.25) is 0 Å². The largest absolute Gasteiger partial charge is 0.494 e. The first-order valence-corrected chi connectivity index (χ1v) is 12.6. The fourth-order valence-corrected chi connectivity index (χ4v) is 4.66. The molecule has 1 amide bonds. The second-order valence-corrected chi connectivity index (χ2v) is 9.33. The molecule has 4 aromatic rings. The molecule has 34 heavy (non-hydrogen) atoms. The molecule has 0 aliphatic carbocycles. The minimum absolute atomic E-state index is 0.0265. The Balaban J connectivity index is 1.56. The van der Waals surface area contributed by atoms with Gasteiger partial charge in [-0.2, -0.15) is 0 Å². The van der Waals surface area contributed by atoms with Crippen LogP contribution in [0.25, 0.3) is 21.9 Å². The van der Waals surface area contributed by atoms with Crippen molar-refractivity contribution in [3.05, 3.63) is 95.0 Å². The number of nitrogens with zero attached hydrogens (tertiary/aromatic N) is 1. The van der Waals surface area contributed by atoms with Crippen LogP contribution in [0.4, 0.5) is 0 Å². The fraction of sp³-hybridized carbons (Fsp3) is 0.241. The number of thiazole rings is 1. The summed E-state index contributed by atoms with van der Waals surface area (Å²) in [7, 11) is 0. The van der Waals surface area contributed by atoms with E-state index in [0.717, 1.165) is 57.1 Å². The molecule has 4 rings (SSSR count). The number of hydrogen-bond donors (Lipinski definition) is 1. The molecule has 5 heteroatoms. The van der Waals surface area contributed by atoms with Crippen LogP contribution >= 0.6 is 11.3 Å². The van der Waals surface area contributed by atoms with E-state index in [0.29, 0.717) is 0 Å². The third-order valence-electron chi connectivity index (χ3n) is 5.58. The van der Waals surface area contributed by atoms with Crippen LogP contribution in [0, 0.1) is 0 Å². The smallest absolute Gasteiger partial charge is 0.225 e. The lowest BCUT2D eigenvalue weighted by Gasteiger charge is -2.15. The van der Waals surface area contributed by atoms with E-state index >= 15 is 0 Å². The molecule has 1 unspecified atom stereocenters. The first-order valence-electron chi connectivity index (χ1n) is 11.8. The molecule has 0 spiro atoms. The first-order chi connectivity index (χ1) is 16.6. The number of benzene rings is 3. The van der Waals surface area contributed by atoms with Gasteiger partial charge in [0, 0.05) is 0 Å². The molecular weight excluding hydrogens is 440 g/mol. The monoisotopic (exact) mass is 470 g/mol. The van der Waals surface area contributed by atoms with Crippen molar-refractivity contribution in [1.29, 1.82) is 0 Å². The summed E-state index contributed by atoms with van der Waals surface area (Å²) in [5.41, 5.74) is 3.95. The lowest BCUT2D eigenvalue weighted by molar-refractivity contribution is -0.120. The zero-order valence-corrected chi connectivity index (χ0v) is 20.5. The summed E-state index contributed by atoms with van der Waals surface area (Å²) in [6.07, 6.45) is 4.46. The Morgan fingerprint density at radius 2 is 1.76 bits per heavy atom. The van der Waals surface area contributed by atoms with Crippen molar-refractivity contribution in [1.82, 2.24) is 10.3 Å². The zero-order valence-electron chi connectivity index (χ0n) is 19.7. The number of aromatic nitrogens is 1. The van der Waals surface area contributed by atoms with Gasteiger partial charge >= 0.3 is 0 Å². The summed E-state index contributed by atoms with van der Waals surface area (Å²) in [4.78, 5) is 17.8. The van der Waals surface area contributed by atoms with Crippen LogP contribution in [-0.2, 0) is 4.79 Å². The SMILES string of the molecule is CCCCOc1ccc(C=C(CC(=O)NC(C)c2ccccc2)c2nc3ccccc3s2)cc1. The molecule has 1 N–H and O–H groups in total. The van der Waals surface area contributed by atoms with Gasteiger partial charge in [-0.05, 0) is 60.4 Å². The molecule has 0 saturated carbocycles. The van der Waals surface area contributed by atoms with Crippen LogP contribution in [-0.4, -0.2) is 17.5 Å². The van der Waals surface area contributed by atoms with Gasteiger partial charge in [0.2, 0.25) is 5.91 Å². The maximum Gasteiger partial charge on any atom is 0.225 e. The molecule has 0 aliphatic heterocycles. The average Bonchev–Trinajstić information content (AvgIpc) is 3.30. The number of nitrogens with one attached hydrogen (secondary N) is 1. The topological polar surface area (TPSA) is 51.2 Å². The van der Waals surface area contributed by atoms with E-state index in [2.05, 4.69) is 24.4 Å². The fourth-order valence-electron chi connectivity index (χ4n) is 3.68. The Morgan fingerprint density at radius 1 is 1.03 bits per heavy atom. The van der Waals surface area contributed by atoms with E-state index in [1.54, 1.807) is 11.3 Å². The third kappa shape index (κ3) is 6.33. The minimum atomic E-state index is -0.0649. The van der Waals surface area contributed by atoms with Crippen molar-refractivity contribution < 1.29 is 9.53 Å². The second-order valence-electron chi connectivity index (χ2n) is 8.30.